The normalized spacial score (nSPS) is 19.4. The van der Waals surface area contributed by atoms with Crippen LogP contribution >= 0.6 is 0 Å². The molecule has 8 nitrogen and oxygen atoms in total. The fourth-order valence-electron chi connectivity index (χ4n) is 4.30. The number of rotatable bonds is 8. The Hall–Kier alpha value is -3.27. The lowest BCUT2D eigenvalue weighted by atomic mass is 9.88. The van der Waals surface area contributed by atoms with Crippen LogP contribution in [0.5, 0.6) is 5.88 Å². The van der Waals surface area contributed by atoms with Gasteiger partial charge in [0, 0.05) is 19.7 Å². The van der Waals surface area contributed by atoms with Gasteiger partial charge in [0.1, 0.15) is 11.7 Å². The summed E-state index contributed by atoms with van der Waals surface area (Å²) < 4.78 is 35.0. The summed E-state index contributed by atoms with van der Waals surface area (Å²) in [4.78, 5) is 17.3. The molecule has 0 spiro atoms. The molecule has 3 atom stereocenters. The Morgan fingerprint density at radius 2 is 1.84 bits per heavy atom. The Labute approximate surface area is 219 Å². The maximum Gasteiger partial charge on any atom is 0.252 e. The number of benzene rings is 2. The van der Waals surface area contributed by atoms with Crippen LogP contribution in [-0.4, -0.2) is 42.7 Å². The van der Waals surface area contributed by atoms with Crippen LogP contribution in [0.1, 0.15) is 68.1 Å². The summed E-state index contributed by atoms with van der Waals surface area (Å²) in [6, 6.07) is 16.9. The van der Waals surface area contributed by atoms with Gasteiger partial charge in [-0.15, -0.1) is 0 Å². The Morgan fingerprint density at radius 3 is 2.49 bits per heavy atom. The van der Waals surface area contributed by atoms with E-state index in [9.17, 15) is 18.3 Å². The number of carbonyl (C=O) groups excluding carboxylic acids is 1. The third kappa shape index (κ3) is 5.84. The number of sulfonamides is 1. The Kier molecular flexibility index (Phi) is 7.68. The number of nitrogens with zero attached hydrogens (tertiary/aromatic N) is 1. The first-order chi connectivity index (χ1) is 17.5. The lowest BCUT2D eigenvalue weighted by Gasteiger charge is -2.41. The van der Waals surface area contributed by atoms with E-state index < -0.39 is 27.8 Å². The maximum atomic E-state index is 13.2. The molecule has 3 N–H and O–H groups in total. The van der Waals surface area contributed by atoms with Crippen molar-refractivity contribution in [2.75, 3.05) is 6.54 Å². The topological polar surface area (TPSA) is 118 Å². The van der Waals surface area contributed by atoms with E-state index in [2.05, 4.69) is 15.0 Å². The van der Waals surface area contributed by atoms with Gasteiger partial charge < -0.3 is 15.2 Å². The number of carbonyl (C=O) groups is 1. The quantitative estimate of drug-likeness (QED) is 0.410. The predicted octanol–water partition coefficient (Wildman–Crippen LogP) is 3.98. The molecule has 0 unspecified atom stereocenters. The van der Waals surface area contributed by atoms with E-state index >= 15 is 0 Å². The highest BCUT2D eigenvalue weighted by Gasteiger charge is 2.45. The van der Waals surface area contributed by atoms with Gasteiger partial charge in [-0.1, -0.05) is 56.3 Å². The SMILES string of the molecule is CCc1ccc(S(=O)(=O)N[C@@H]2c3cc(C(=O)NC[C@@H](C)c4ccccc4)cnc3OC(C)(C)[C@H]2O)cc1.[HH]. The molecule has 1 amide bonds. The second-order valence-corrected chi connectivity index (χ2v) is 11.6. The van der Waals surface area contributed by atoms with E-state index in [1.807, 2.05) is 44.2 Å². The number of aryl methyl sites for hydroxylation is 1. The van der Waals surface area contributed by atoms with Crippen molar-refractivity contribution in [2.45, 2.75) is 62.7 Å². The molecule has 2 aromatic carbocycles. The number of ether oxygens (including phenoxy) is 1. The molecule has 1 aliphatic heterocycles. The smallest absolute Gasteiger partial charge is 0.252 e. The third-order valence-electron chi connectivity index (χ3n) is 6.73. The molecule has 37 heavy (non-hydrogen) atoms. The number of nitrogens with one attached hydrogen (secondary N) is 2. The lowest BCUT2D eigenvalue weighted by Crippen LogP contribution is -2.53. The maximum absolute atomic E-state index is 13.2. The summed E-state index contributed by atoms with van der Waals surface area (Å²) in [5, 5.41) is 14.0. The molecule has 0 aliphatic carbocycles. The Morgan fingerprint density at radius 1 is 1.16 bits per heavy atom. The molecule has 1 aliphatic rings. The summed E-state index contributed by atoms with van der Waals surface area (Å²) in [5.74, 6) is -0.0898. The molecule has 0 fully saturated rings. The molecule has 1 aromatic heterocycles. The largest absolute Gasteiger partial charge is 0.469 e. The average Bonchev–Trinajstić information content (AvgIpc) is 2.89. The lowest BCUT2D eigenvalue weighted by molar-refractivity contribution is -0.0632. The summed E-state index contributed by atoms with van der Waals surface area (Å²) in [7, 11) is -3.99. The highest BCUT2D eigenvalue weighted by molar-refractivity contribution is 7.89. The van der Waals surface area contributed by atoms with E-state index in [1.54, 1.807) is 26.0 Å². The zero-order valence-corrected chi connectivity index (χ0v) is 22.2. The van der Waals surface area contributed by atoms with Crippen molar-refractivity contribution >= 4 is 15.9 Å². The average molecular weight is 526 g/mol. The minimum atomic E-state index is -3.99. The standard InChI is InChI=1S/C28H33N3O5S.H2/c1-5-19-11-13-22(14-12-19)37(34,35)31-24-23-15-21(17-30-27(23)36-28(3,4)25(24)32)26(33)29-16-18(2)20-9-7-6-8-10-20;/h6-15,17-18,24-25,31-32H,5,16H2,1-4H3,(H,29,33);1H/t18-,24-,25+;/m1./s1. The molecule has 4 rings (SSSR count). The molecule has 0 radical (unpaired) electrons. The van der Waals surface area contributed by atoms with E-state index in [4.69, 9.17) is 4.74 Å². The minimum absolute atomic E-state index is 0. The summed E-state index contributed by atoms with van der Waals surface area (Å²) in [5.41, 5.74) is 1.54. The van der Waals surface area contributed by atoms with Crippen molar-refractivity contribution < 1.29 is 24.5 Å². The second kappa shape index (κ2) is 10.6. The molecule has 198 valence electrons. The van der Waals surface area contributed by atoms with Gasteiger partial charge in [-0.25, -0.2) is 18.1 Å². The summed E-state index contributed by atoms with van der Waals surface area (Å²) in [6.45, 7) is 7.74. The van der Waals surface area contributed by atoms with E-state index in [1.165, 1.54) is 24.4 Å². The Balaban J connectivity index is 0.00000400. The highest BCUT2D eigenvalue weighted by atomic mass is 32.2. The first-order valence-corrected chi connectivity index (χ1v) is 13.8. The molecule has 0 saturated carbocycles. The summed E-state index contributed by atoms with van der Waals surface area (Å²) >= 11 is 0. The van der Waals surface area contributed by atoms with Crippen molar-refractivity contribution in [3.63, 3.8) is 0 Å². The fourth-order valence-corrected chi connectivity index (χ4v) is 5.52. The number of pyridine rings is 1. The van der Waals surface area contributed by atoms with E-state index in [0.29, 0.717) is 12.1 Å². The van der Waals surface area contributed by atoms with Gasteiger partial charge in [0.05, 0.1) is 16.5 Å². The number of hydrogen-bond donors (Lipinski definition) is 3. The molecule has 0 saturated heterocycles. The molecule has 0 bridgehead atoms. The van der Waals surface area contributed by atoms with Crippen LogP contribution in [0.2, 0.25) is 0 Å². The molecular weight excluding hydrogens is 490 g/mol. The zero-order valence-electron chi connectivity index (χ0n) is 21.4. The number of aliphatic hydroxyl groups is 1. The van der Waals surface area contributed by atoms with Gasteiger partial charge in [-0.3, -0.25) is 4.79 Å². The van der Waals surface area contributed by atoms with E-state index in [0.717, 1.165) is 17.5 Å². The minimum Gasteiger partial charge on any atom is -0.469 e. The Bertz CT molecular complexity index is 1360. The van der Waals surface area contributed by atoms with Gasteiger partial charge in [-0.2, -0.15) is 0 Å². The van der Waals surface area contributed by atoms with Gasteiger partial charge in [0.25, 0.3) is 5.91 Å². The van der Waals surface area contributed by atoms with Crippen LogP contribution in [0.4, 0.5) is 0 Å². The van der Waals surface area contributed by atoms with Crippen LogP contribution in [0, 0.1) is 0 Å². The monoisotopic (exact) mass is 525 g/mol. The van der Waals surface area contributed by atoms with Crippen molar-refractivity contribution in [3.05, 3.63) is 89.1 Å². The van der Waals surface area contributed by atoms with Gasteiger partial charge in [-0.05, 0) is 55.5 Å². The van der Waals surface area contributed by atoms with Gasteiger partial charge in [0.2, 0.25) is 15.9 Å². The number of aliphatic hydroxyl groups excluding tert-OH is 1. The molecule has 9 heteroatoms. The first-order valence-electron chi connectivity index (χ1n) is 12.3. The summed E-state index contributed by atoms with van der Waals surface area (Å²) in [6.07, 6.45) is 0.946. The van der Waals surface area contributed by atoms with Crippen molar-refractivity contribution in [1.29, 1.82) is 0 Å². The third-order valence-corrected chi connectivity index (χ3v) is 8.18. The van der Waals surface area contributed by atoms with Crippen LogP contribution in [0.25, 0.3) is 0 Å². The van der Waals surface area contributed by atoms with Crippen molar-refractivity contribution in [2.24, 2.45) is 0 Å². The predicted molar refractivity (Wildman–Crippen MR) is 143 cm³/mol. The van der Waals surface area contributed by atoms with Crippen molar-refractivity contribution in [1.82, 2.24) is 15.0 Å². The molecule has 2 heterocycles. The number of amides is 1. The first kappa shape index (κ1) is 26.8. The van der Waals surface area contributed by atoms with Crippen LogP contribution in [0.15, 0.2) is 71.8 Å². The van der Waals surface area contributed by atoms with Crippen LogP contribution in [-0.2, 0) is 16.4 Å². The number of aromatic nitrogens is 1. The van der Waals surface area contributed by atoms with Crippen LogP contribution in [0.3, 0.4) is 0 Å². The van der Waals surface area contributed by atoms with Gasteiger partial charge >= 0.3 is 0 Å². The number of fused-ring (bicyclic) bond motifs is 1. The molecular formula is C28H35N3O5S. The van der Waals surface area contributed by atoms with E-state index in [-0.39, 0.29) is 29.6 Å². The zero-order chi connectivity index (χ0) is 26.8. The van der Waals surface area contributed by atoms with Crippen molar-refractivity contribution in [3.8, 4) is 5.88 Å². The fraction of sp³-hybridized carbons (Fsp3) is 0.357. The van der Waals surface area contributed by atoms with Gasteiger partial charge in [0.15, 0.2) is 0 Å². The second-order valence-electron chi connectivity index (χ2n) is 9.89. The number of hydrogen-bond acceptors (Lipinski definition) is 6. The van der Waals surface area contributed by atoms with Crippen LogP contribution < -0.4 is 14.8 Å². The molecule has 3 aromatic rings. The highest BCUT2D eigenvalue weighted by Crippen LogP contribution is 2.39.